The lowest BCUT2D eigenvalue weighted by Crippen LogP contribution is -2.09. The third-order valence-electron chi connectivity index (χ3n) is 2.44. The standard InChI is InChI=1S/C6H10O3.C5H8N2O.C4H6N2O.CH3Br.H4N2/c1-3-9-6(8)4-5(2)7;1-4-3-5(8)7(2)6-4;1-3-2-4(7)6-5-3;2*1-2/h3-4H2,1-2H3;3,6H,1-2H3;2H,1H3,(H2,5,6,7);1H3;1-2H2. The molecule has 2 aromatic rings. The minimum atomic E-state index is -0.440. The van der Waals surface area contributed by atoms with Crippen molar-refractivity contribution in [2.24, 2.45) is 18.7 Å². The van der Waals surface area contributed by atoms with Gasteiger partial charge in [0.15, 0.2) is 0 Å². The largest absolute Gasteiger partial charge is 0.466 e. The second kappa shape index (κ2) is 19.3. The highest BCUT2D eigenvalue weighted by molar-refractivity contribution is 9.08. The summed E-state index contributed by atoms with van der Waals surface area (Å²) in [5.74, 6) is 9.21. The molecule has 0 aliphatic heterocycles. The number of aryl methyl sites for hydroxylation is 3. The smallest absolute Gasteiger partial charge is 0.313 e. The number of ketones is 1. The van der Waals surface area contributed by atoms with Crippen molar-refractivity contribution in [3.8, 4) is 0 Å². The van der Waals surface area contributed by atoms with Gasteiger partial charge in [0.1, 0.15) is 12.2 Å². The fourth-order valence-electron chi connectivity index (χ4n) is 1.48. The predicted molar refractivity (Wildman–Crippen MR) is 112 cm³/mol. The van der Waals surface area contributed by atoms with Gasteiger partial charge in [0, 0.05) is 30.6 Å². The fourth-order valence-corrected chi connectivity index (χ4v) is 1.48. The molecule has 0 fully saturated rings. The second-order valence-corrected chi connectivity index (χ2v) is 4.96. The molecule has 0 atom stereocenters. The number of aromatic nitrogens is 4. The highest BCUT2D eigenvalue weighted by atomic mass is 79.9. The zero-order valence-electron chi connectivity index (χ0n) is 17.1. The molecule has 0 saturated heterocycles. The van der Waals surface area contributed by atoms with Crippen LogP contribution in [0.3, 0.4) is 0 Å². The molecular weight excluding hydrogens is 436 g/mol. The lowest BCUT2D eigenvalue weighted by molar-refractivity contribution is -0.145. The van der Waals surface area contributed by atoms with Crippen LogP contribution in [-0.4, -0.2) is 44.2 Å². The highest BCUT2D eigenvalue weighted by Crippen LogP contribution is 1.86. The number of Topliss-reactive ketones (excluding diaryl/α,β-unsaturated/α-hetero) is 1. The number of ether oxygens (including phenoxy) is 1. The van der Waals surface area contributed by atoms with E-state index in [1.807, 2.05) is 19.7 Å². The van der Waals surface area contributed by atoms with Gasteiger partial charge in [0.25, 0.3) is 11.1 Å². The zero-order chi connectivity index (χ0) is 22.7. The summed E-state index contributed by atoms with van der Waals surface area (Å²) in [4.78, 5) is 41.4. The van der Waals surface area contributed by atoms with Crippen LogP contribution in [-0.2, 0) is 21.4 Å². The molecular formula is C16H31BrN6O5. The maximum Gasteiger partial charge on any atom is 0.313 e. The minimum absolute atomic E-state index is 0.0162. The van der Waals surface area contributed by atoms with Crippen molar-refractivity contribution in [3.63, 3.8) is 0 Å². The SMILES string of the molecule is CBr.CCOC(=O)CC(C)=O.Cc1cc(=O)[nH][nH]1.Cc1cc(=O)n(C)[nH]1.NN. The van der Waals surface area contributed by atoms with Gasteiger partial charge in [-0.3, -0.25) is 40.6 Å². The van der Waals surface area contributed by atoms with Crippen molar-refractivity contribution < 1.29 is 14.3 Å². The van der Waals surface area contributed by atoms with Gasteiger partial charge in [-0.2, -0.15) is 0 Å². The third-order valence-corrected chi connectivity index (χ3v) is 2.44. The van der Waals surface area contributed by atoms with Crippen LogP contribution in [0.2, 0.25) is 0 Å². The van der Waals surface area contributed by atoms with E-state index in [2.05, 4.69) is 47.6 Å². The molecule has 0 aromatic carbocycles. The van der Waals surface area contributed by atoms with E-state index in [-0.39, 0.29) is 23.3 Å². The van der Waals surface area contributed by atoms with Crippen LogP contribution in [0.15, 0.2) is 21.7 Å². The van der Waals surface area contributed by atoms with Crippen LogP contribution in [0.4, 0.5) is 0 Å². The number of alkyl halides is 1. The summed E-state index contributed by atoms with van der Waals surface area (Å²) in [7, 11) is 1.69. The topological polar surface area (TPSA) is 182 Å². The highest BCUT2D eigenvalue weighted by Gasteiger charge is 2.03. The average Bonchev–Trinajstić information content (AvgIpc) is 3.15. The molecule has 2 aromatic heterocycles. The van der Waals surface area contributed by atoms with Crippen LogP contribution in [0.25, 0.3) is 0 Å². The molecule has 162 valence electrons. The number of hydrazine groups is 1. The number of rotatable bonds is 3. The first-order valence-corrected chi connectivity index (χ1v) is 9.57. The number of H-pyrrole nitrogens is 3. The number of aromatic amines is 3. The number of nitrogens with one attached hydrogen (secondary N) is 3. The van der Waals surface area contributed by atoms with E-state index in [0.717, 1.165) is 11.4 Å². The Hall–Kier alpha value is -2.44. The summed E-state index contributed by atoms with van der Waals surface area (Å²) in [6, 6.07) is 3.06. The number of carbonyl (C=O) groups is 2. The van der Waals surface area contributed by atoms with Crippen LogP contribution in [0.5, 0.6) is 0 Å². The molecule has 0 unspecified atom stereocenters. The number of carbonyl (C=O) groups excluding carboxylic acids is 2. The molecule has 7 N–H and O–H groups in total. The van der Waals surface area contributed by atoms with Crippen molar-refractivity contribution >= 4 is 27.7 Å². The van der Waals surface area contributed by atoms with E-state index >= 15 is 0 Å². The monoisotopic (exact) mass is 466 g/mol. The Kier molecular flexibility index (Phi) is 20.9. The molecule has 0 bridgehead atoms. The molecule has 0 saturated carbocycles. The van der Waals surface area contributed by atoms with Crippen LogP contribution >= 0.6 is 15.9 Å². The Labute approximate surface area is 171 Å². The van der Waals surface area contributed by atoms with E-state index in [1.165, 1.54) is 17.7 Å². The van der Waals surface area contributed by atoms with E-state index in [4.69, 9.17) is 0 Å². The molecule has 2 rings (SSSR count). The molecule has 2 heterocycles. The Bertz CT molecular complexity index is 762. The van der Waals surface area contributed by atoms with Crippen molar-refractivity contribution in [1.29, 1.82) is 0 Å². The van der Waals surface area contributed by atoms with Crippen molar-refractivity contribution in [3.05, 3.63) is 44.2 Å². The maximum atomic E-state index is 10.6. The molecule has 28 heavy (non-hydrogen) atoms. The van der Waals surface area contributed by atoms with Gasteiger partial charge in [0.2, 0.25) is 0 Å². The van der Waals surface area contributed by atoms with Crippen molar-refractivity contribution in [1.82, 2.24) is 20.0 Å². The fraction of sp³-hybridized carbons (Fsp3) is 0.500. The average molecular weight is 467 g/mol. The Balaban J connectivity index is -0.000000308. The summed E-state index contributed by atoms with van der Waals surface area (Å²) in [6.07, 6.45) is -0.103. The summed E-state index contributed by atoms with van der Waals surface area (Å²) in [5.41, 5.74) is 1.71. The first-order valence-electron chi connectivity index (χ1n) is 7.98. The van der Waals surface area contributed by atoms with E-state index in [1.54, 1.807) is 20.0 Å². The first-order chi connectivity index (χ1) is 13.1. The summed E-state index contributed by atoms with van der Waals surface area (Å²) < 4.78 is 5.93. The van der Waals surface area contributed by atoms with Gasteiger partial charge in [-0.15, -0.1) is 0 Å². The van der Waals surface area contributed by atoms with Gasteiger partial charge < -0.3 is 14.9 Å². The van der Waals surface area contributed by atoms with Gasteiger partial charge in [-0.05, 0) is 33.5 Å². The molecule has 12 heteroatoms. The molecule has 0 amide bonds. The molecule has 0 aliphatic carbocycles. The number of esters is 1. The number of hydrogen-bond acceptors (Lipinski definition) is 7. The lowest BCUT2D eigenvalue weighted by Gasteiger charge is -1.96. The van der Waals surface area contributed by atoms with Crippen LogP contribution in [0, 0.1) is 13.8 Å². The van der Waals surface area contributed by atoms with E-state index in [0.29, 0.717) is 6.61 Å². The van der Waals surface area contributed by atoms with Crippen molar-refractivity contribution in [2.45, 2.75) is 34.1 Å². The molecule has 0 aliphatic rings. The van der Waals surface area contributed by atoms with Gasteiger partial charge in [0.05, 0.1) is 6.61 Å². The molecule has 11 nitrogen and oxygen atoms in total. The van der Waals surface area contributed by atoms with E-state index in [9.17, 15) is 19.2 Å². The zero-order valence-corrected chi connectivity index (χ0v) is 18.7. The second-order valence-electron chi connectivity index (χ2n) is 4.96. The van der Waals surface area contributed by atoms with E-state index < -0.39 is 5.97 Å². The van der Waals surface area contributed by atoms with Crippen LogP contribution in [0.1, 0.15) is 31.7 Å². The van der Waals surface area contributed by atoms with Crippen molar-refractivity contribution in [2.75, 3.05) is 12.4 Å². The Morgan fingerprint density at radius 3 is 1.82 bits per heavy atom. The minimum Gasteiger partial charge on any atom is -0.466 e. The first kappa shape index (κ1) is 30.3. The number of nitrogens with zero attached hydrogens (tertiary/aromatic N) is 1. The Morgan fingerprint density at radius 1 is 1.11 bits per heavy atom. The van der Waals surface area contributed by atoms with Gasteiger partial charge in [-0.25, -0.2) is 0 Å². The van der Waals surface area contributed by atoms with Gasteiger partial charge >= 0.3 is 5.97 Å². The number of halogens is 1. The quantitative estimate of drug-likeness (QED) is 0.142. The lowest BCUT2D eigenvalue weighted by atomic mass is 10.3. The summed E-state index contributed by atoms with van der Waals surface area (Å²) in [6.45, 7) is 7.07. The summed E-state index contributed by atoms with van der Waals surface area (Å²) >= 11 is 2.94. The van der Waals surface area contributed by atoms with Gasteiger partial charge in [-0.1, -0.05) is 15.9 Å². The number of hydrogen-bond donors (Lipinski definition) is 5. The normalized spacial score (nSPS) is 8.32. The third kappa shape index (κ3) is 18.4. The van der Waals surface area contributed by atoms with Crippen LogP contribution < -0.4 is 22.8 Å². The number of nitrogens with two attached hydrogens (primary N) is 2. The maximum absolute atomic E-state index is 10.6. The Morgan fingerprint density at radius 2 is 1.64 bits per heavy atom. The predicted octanol–water partition coefficient (Wildman–Crippen LogP) is 0.392. The molecule has 0 spiro atoms. The molecule has 0 radical (unpaired) electrons. The summed E-state index contributed by atoms with van der Waals surface area (Å²) in [5, 5.41) is 7.83.